The number of aromatic nitrogens is 1. The third-order valence-electron chi connectivity index (χ3n) is 7.09. The second kappa shape index (κ2) is 9.99. The first kappa shape index (κ1) is 24.2. The van der Waals surface area contributed by atoms with Crippen molar-refractivity contribution in [3.05, 3.63) is 114 Å². The fourth-order valence-corrected chi connectivity index (χ4v) is 6.31. The fourth-order valence-electron chi connectivity index (χ4n) is 5.31. The summed E-state index contributed by atoms with van der Waals surface area (Å²) >= 11 is 1.42. The molecule has 6 nitrogen and oxygen atoms in total. The number of aryl methyl sites for hydroxylation is 1. The number of ether oxygens (including phenoxy) is 3. The molecule has 7 heteroatoms. The molecule has 6 rings (SSSR count). The maximum absolute atomic E-state index is 14.0. The van der Waals surface area contributed by atoms with E-state index in [4.69, 9.17) is 19.2 Å². The summed E-state index contributed by atoms with van der Waals surface area (Å²) in [5.41, 5.74) is 6.48. The molecule has 1 aliphatic heterocycles. The van der Waals surface area contributed by atoms with Crippen LogP contribution in [0, 0.1) is 0 Å². The number of fused-ring (bicyclic) bond motifs is 3. The Morgan fingerprint density at radius 3 is 2.58 bits per heavy atom. The van der Waals surface area contributed by atoms with Gasteiger partial charge in [-0.3, -0.25) is 9.36 Å². The van der Waals surface area contributed by atoms with Crippen molar-refractivity contribution in [1.29, 1.82) is 0 Å². The molecule has 0 N–H and O–H groups in total. The van der Waals surface area contributed by atoms with Crippen molar-refractivity contribution < 1.29 is 14.2 Å². The largest absolute Gasteiger partial charge is 0.497 e. The molecule has 0 saturated carbocycles. The standard InChI is InChI=1S/C31H28N2O4S/c1-4-37-26-17-19(9-16-25(26)36-3)18-27-30(34)33-29(21-10-13-22(35-2)14-11-21)24-15-12-20-7-5-6-8-23(20)28(24)32-31(33)38-27/h5-11,13-14,16-18,29H,4,12,15H2,1-3H3/b27-18+/t29-/m1/s1. The van der Waals surface area contributed by atoms with Gasteiger partial charge in [-0.15, -0.1) is 0 Å². The average molecular weight is 525 g/mol. The minimum absolute atomic E-state index is 0.0474. The van der Waals surface area contributed by atoms with Crippen LogP contribution in [0.25, 0.3) is 11.8 Å². The van der Waals surface area contributed by atoms with Gasteiger partial charge in [-0.1, -0.05) is 53.8 Å². The summed E-state index contributed by atoms with van der Waals surface area (Å²) in [4.78, 5) is 19.7. The number of hydrogen-bond acceptors (Lipinski definition) is 6. The van der Waals surface area contributed by atoms with Gasteiger partial charge in [0.15, 0.2) is 16.3 Å². The molecule has 0 bridgehead atoms. The number of thiazole rings is 1. The molecule has 2 aliphatic rings. The summed E-state index contributed by atoms with van der Waals surface area (Å²) in [6.45, 7) is 2.46. The van der Waals surface area contributed by atoms with Crippen molar-refractivity contribution in [2.45, 2.75) is 25.8 Å². The molecule has 0 unspecified atom stereocenters. The first-order valence-electron chi connectivity index (χ1n) is 12.7. The normalized spacial score (nSPS) is 16.3. The molecule has 1 aromatic heterocycles. The van der Waals surface area contributed by atoms with E-state index in [2.05, 4.69) is 36.4 Å². The predicted octanol–water partition coefficient (Wildman–Crippen LogP) is 4.73. The topological polar surface area (TPSA) is 62.0 Å². The summed E-state index contributed by atoms with van der Waals surface area (Å²) in [7, 11) is 3.28. The van der Waals surface area contributed by atoms with Crippen LogP contribution in [0.1, 0.15) is 41.6 Å². The quantitative estimate of drug-likeness (QED) is 0.366. The molecule has 2 heterocycles. The van der Waals surface area contributed by atoms with Crippen molar-refractivity contribution in [3.63, 3.8) is 0 Å². The predicted molar refractivity (Wildman–Crippen MR) is 150 cm³/mol. The van der Waals surface area contributed by atoms with Crippen LogP contribution in [0.4, 0.5) is 0 Å². The molecular weight excluding hydrogens is 496 g/mol. The highest BCUT2D eigenvalue weighted by Crippen LogP contribution is 2.41. The maximum Gasteiger partial charge on any atom is 0.271 e. The minimum Gasteiger partial charge on any atom is -0.497 e. The van der Waals surface area contributed by atoms with Crippen molar-refractivity contribution in [1.82, 2.24) is 4.57 Å². The molecule has 1 atom stereocenters. The number of methoxy groups -OCH3 is 2. The monoisotopic (exact) mass is 524 g/mol. The molecule has 192 valence electrons. The highest BCUT2D eigenvalue weighted by atomic mass is 32.1. The van der Waals surface area contributed by atoms with E-state index in [-0.39, 0.29) is 11.6 Å². The van der Waals surface area contributed by atoms with Crippen LogP contribution in [-0.4, -0.2) is 25.4 Å². The van der Waals surface area contributed by atoms with Gasteiger partial charge < -0.3 is 14.2 Å². The second-order valence-corrected chi connectivity index (χ2v) is 10.2. The van der Waals surface area contributed by atoms with E-state index < -0.39 is 0 Å². The lowest BCUT2D eigenvalue weighted by atomic mass is 9.83. The van der Waals surface area contributed by atoms with Gasteiger partial charge in [0.05, 0.1) is 37.1 Å². The number of allylic oxidation sites excluding steroid dienone is 1. The van der Waals surface area contributed by atoms with Crippen LogP contribution >= 0.6 is 11.3 Å². The fraction of sp³-hybridized carbons (Fsp3) is 0.226. The molecule has 0 radical (unpaired) electrons. The maximum atomic E-state index is 14.0. The SMILES string of the molecule is CCOc1cc(/C=c2/sc3n(c2=O)[C@H](c2ccc(OC)cc2)C2=C(N=3)c3ccccc3CC2)ccc1OC. The Morgan fingerprint density at radius 2 is 1.82 bits per heavy atom. The Kier molecular flexibility index (Phi) is 6.37. The van der Waals surface area contributed by atoms with Crippen molar-refractivity contribution in [2.75, 3.05) is 20.8 Å². The highest BCUT2D eigenvalue weighted by molar-refractivity contribution is 7.07. The Hall–Kier alpha value is -4.10. The summed E-state index contributed by atoms with van der Waals surface area (Å²) in [6.07, 6.45) is 3.69. The van der Waals surface area contributed by atoms with Crippen molar-refractivity contribution >= 4 is 23.1 Å². The lowest BCUT2D eigenvalue weighted by Crippen LogP contribution is -2.38. The van der Waals surface area contributed by atoms with Gasteiger partial charge >= 0.3 is 0 Å². The Bertz CT molecular complexity index is 1730. The van der Waals surface area contributed by atoms with E-state index in [1.165, 1.54) is 22.5 Å². The Labute approximate surface area is 224 Å². The van der Waals surface area contributed by atoms with Crippen LogP contribution < -0.4 is 29.1 Å². The molecule has 0 amide bonds. The van der Waals surface area contributed by atoms with Crippen molar-refractivity contribution in [3.8, 4) is 17.2 Å². The van der Waals surface area contributed by atoms with E-state index in [0.717, 1.165) is 41.0 Å². The number of rotatable bonds is 6. The molecule has 3 aromatic carbocycles. The zero-order valence-electron chi connectivity index (χ0n) is 21.6. The first-order valence-corrected chi connectivity index (χ1v) is 13.5. The molecular formula is C31H28N2O4S. The average Bonchev–Trinajstić information content (AvgIpc) is 3.26. The van der Waals surface area contributed by atoms with Gasteiger partial charge in [-0.2, -0.15) is 0 Å². The zero-order chi connectivity index (χ0) is 26.2. The van der Waals surface area contributed by atoms with Crippen molar-refractivity contribution in [2.24, 2.45) is 4.99 Å². The second-order valence-electron chi connectivity index (χ2n) is 9.23. The van der Waals surface area contributed by atoms with E-state index in [0.29, 0.717) is 27.4 Å². The summed E-state index contributed by atoms with van der Waals surface area (Å²) < 4.78 is 19.1. The van der Waals surface area contributed by atoms with E-state index in [1.807, 2.05) is 47.9 Å². The van der Waals surface area contributed by atoms with Crippen LogP contribution in [0.15, 0.2) is 82.1 Å². The summed E-state index contributed by atoms with van der Waals surface area (Å²) in [5.74, 6) is 2.10. The van der Waals surface area contributed by atoms with Gasteiger partial charge in [0.1, 0.15) is 5.75 Å². The smallest absolute Gasteiger partial charge is 0.271 e. The lowest BCUT2D eigenvalue weighted by molar-refractivity contribution is 0.311. The Balaban J connectivity index is 1.56. The number of benzene rings is 3. The van der Waals surface area contributed by atoms with E-state index in [1.54, 1.807) is 14.2 Å². The molecule has 1 aliphatic carbocycles. The van der Waals surface area contributed by atoms with Gasteiger partial charge in [0.2, 0.25) is 0 Å². The number of hydrogen-bond donors (Lipinski definition) is 0. The van der Waals surface area contributed by atoms with Gasteiger partial charge in [-0.25, -0.2) is 4.99 Å². The Morgan fingerprint density at radius 1 is 1.00 bits per heavy atom. The molecule has 0 saturated heterocycles. The van der Waals surface area contributed by atoms with Gasteiger partial charge in [0, 0.05) is 5.56 Å². The van der Waals surface area contributed by atoms with E-state index >= 15 is 0 Å². The summed E-state index contributed by atoms with van der Waals surface area (Å²) in [5, 5.41) is 0. The lowest BCUT2D eigenvalue weighted by Gasteiger charge is -2.30. The molecule has 0 spiro atoms. The zero-order valence-corrected chi connectivity index (χ0v) is 22.4. The third kappa shape index (κ3) is 4.13. The van der Waals surface area contributed by atoms with E-state index in [9.17, 15) is 4.79 Å². The van der Waals surface area contributed by atoms with Crippen LogP contribution in [0.2, 0.25) is 0 Å². The molecule has 4 aromatic rings. The van der Waals surface area contributed by atoms with Gasteiger partial charge in [0.25, 0.3) is 5.56 Å². The highest BCUT2D eigenvalue weighted by Gasteiger charge is 2.32. The molecule has 0 fully saturated rings. The minimum atomic E-state index is -0.225. The van der Waals surface area contributed by atoms with Gasteiger partial charge in [-0.05, 0) is 72.4 Å². The summed E-state index contributed by atoms with van der Waals surface area (Å²) in [6, 6.07) is 21.9. The van der Waals surface area contributed by atoms with Crippen LogP contribution in [0.3, 0.4) is 0 Å². The first-order chi connectivity index (χ1) is 18.6. The number of nitrogens with zero attached hydrogens (tertiary/aromatic N) is 2. The molecule has 38 heavy (non-hydrogen) atoms. The third-order valence-corrected chi connectivity index (χ3v) is 8.07. The van der Waals surface area contributed by atoms with Crippen LogP contribution in [0.5, 0.6) is 17.2 Å². The van der Waals surface area contributed by atoms with Crippen LogP contribution in [-0.2, 0) is 6.42 Å².